The largest absolute Gasteiger partial charge is 0.332 e. The van der Waals surface area contributed by atoms with Crippen LogP contribution in [0.4, 0.5) is 0 Å². The molecule has 0 N–H and O–H groups in total. The van der Waals surface area contributed by atoms with Gasteiger partial charge in [0.25, 0.3) is 0 Å². The van der Waals surface area contributed by atoms with E-state index in [0.717, 1.165) is 38.8 Å². The summed E-state index contributed by atoms with van der Waals surface area (Å²) >= 11 is 1.66. The second kappa shape index (κ2) is 6.67. The van der Waals surface area contributed by atoms with Crippen molar-refractivity contribution in [3.8, 4) is 0 Å². The first-order chi connectivity index (χ1) is 10.6. The summed E-state index contributed by atoms with van der Waals surface area (Å²) in [5.41, 5.74) is 1.97. The Morgan fingerprint density at radius 3 is 2.91 bits per heavy atom. The Labute approximate surface area is 137 Å². The number of thiazole rings is 1. The van der Waals surface area contributed by atoms with Crippen LogP contribution in [-0.2, 0) is 11.3 Å². The highest BCUT2D eigenvalue weighted by Gasteiger charge is 2.45. The average Bonchev–Trinajstić information content (AvgIpc) is 3.02. The fourth-order valence-corrected chi connectivity index (χ4v) is 4.64. The number of carbonyl (C=O) groups is 1. The van der Waals surface area contributed by atoms with Gasteiger partial charge in [0.2, 0.25) is 5.91 Å². The van der Waals surface area contributed by atoms with Crippen LogP contribution in [-0.4, -0.2) is 45.9 Å². The Bertz CT molecular complexity index is 502. The van der Waals surface area contributed by atoms with Crippen molar-refractivity contribution in [2.45, 2.75) is 58.0 Å². The average molecular weight is 321 g/mol. The molecule has 0 unspecified atom stereocenters. The zero-order chi connectivity index (χ0) is 15.6. The van der Waals surface area contributed by atoms with Gasteiger partial charge in [-0.1, -0.05) is 13.8 Å². The minimum absolute atomic E-state index is 0.104. The number of nitrogens with zero attached hydrogens (tertiary/aromatic N) is 3. The lowest BCUT2D eigenvalue weighted by Crippen LogP contribution is -2.45. The molecule has 0 aromatic carbocycles. The minimum atomic E-state index is 0.104. The van der Waals surface area contributed by atoms with E-state index in [0.29, 0.717) is 11.8 Å². The van der Waals surface area contributed by atoms with Crippen molar-refractivity contribution in [1.82, 2.24) is 14.8 Å². The van der Waals surface area contributed by atoms with E-state index in [4.69, 9.17) is 0 Å². The first kappa shape index (κ1) is 15.9. The van der Waals surface area contributed by atoms with Crippen LogP contribution in [0.3, 0.4) is 0 Å². The lowest BCUT2D eigenvalue weighted by molar-refractivity contribution is -0.132. The molecule has 22 heavy (non-hydrogen) atoms. The second-order valence-electron chi connectivity index (χ2n) is 7.22. The van der Waals surface area contributed by atoms with Crippen LogP contribution in [0.2, 0.25) is 0 Å². The summed E-state index contributed by atoms with van der Waals surface area (Å²) < 4.78 is 0. The lowest BCUT2D eigenvalue weighted by Gasteiger charge is -2.38. The molecule has 0 saturated carbocycles. The maximum Gasteiger partial charge on any atom is 0.223 e. The summed E-state index contributed by atoms with van der Waals surface area (Å²) in [6, 6.07) is 0. The second-order valence-corrected chi connectivity index (χ2v) is 8.19. The predicted molar refractivity (Wildman–Crippen MR) is 89.8 cm³/mol. The van der Waals surface area contributed by atoms with Crippen molar-refractivity contribution >= 4 is 17.2 Å². The van der Waals surface area contributed by atoms with E-state index in [1.807, 2.05) is 11.7 Å². The predicted octanol–water partition coefficient (Wildman–Crippen LogP) is 3.15. The van der Waals surface area contributed by atoms with Crippen molar-refractivity contribution in [3.05, 3.63) is 16.6 Å². The molecule has 1 amide bonds. The SMILES string of the molecule is CC(C)CN1CCC[C@@]2(CCC(=O)N2Cc2cncs2)CC1. The van der Waals surface area contributed by atoms with E-state index >= 15 is 0 Å². The molecule has 3 rings (SSSR count). The van der Waals surface area contributed by atoms with Gasteiger partial charge >= 0.3 is 0 Å². The van der Waals surface area contributed by atoms with Crippen molar-refractivity contribution in [2.24, 2.45) is 5.92 Å². The van der Waals surface area contributed by atoms with Gasteiger partial charge in [-0.3, -0.25) is 9.78 Å². The molecule has 1 atom stereocenters. The molecule has 5 heteroatoms. The fourth-order valence-electron chi connectivity index (χ4n) is 4.06. The van der Waals surface area contributed by atoms with Crippen LogP contribution in [0, 0.1) is 5.92 Å². The first-order valence-electron chi connectivity index (χ1n) is 8.49. The highest BCUT2D eigenvalue weighted by Crippen LogP contribution is 2.40. The van der Waals surface area contributed by atoms with Gasteiger partial charge in [-0.25, -0.2) is 0 Å². The standard InChI is InChI=1S/C17H27N3OS/c1-14(2)11-19-8-3-5-17(7-9-19)6-4-16(21)20(17)12-15-10-18-13-22-15/h10,13-14H,3-9,11-12H2,1-2H3/t17-/m1/s1. The molecule has 0 aliphatic carbocycles. The quantitative estimate of drug-likeness (QED) is 0.855. The molecule has 2 aliphatic rings. The van der Waals surface area contributed by atoms with Crippen molar-refractivity contribution in [2.75, 3.05) is 19.6 Å². The number of hydrogen-bond acceptors (Lipinski definition) is 4. The van der Waals surface area contributed by atoms with E-state index in [1.54, 1.807) is 11.3 Å². The van der Waals surface area contributed by atoms with Gasteiger partial charge in [0.1, 0.15) is 0 Å². The Balaban J connectivity index is 1.71. The van der Waals surface area contributed by atoms with Crippen LogP contribution in [0.15, 0.2) is 11.7 Å². The number of likely N-dealkylation sites (tertiary alicyclic amines) is 2. The van der Waals surface area contributed by atoms with Crippen LogP contribution in [0.5, 0.6) is 0 Å². The van der Waals surface area contributed by atoms with Gasteiger partial charge in [-0.05, 0) is 38.1 Å². The monoisotopic (exact) mass is 321 g/mol. The van der Waals surface area contributed by atoms with Crippen LogP contribution < -0.4 is 0 Å². The number of rotatable bonds is 4. The normalized spacial score (nSPS) is 27.0. The van der Waals surface area contributed by atoms with E-state index in [1.165, 1.54) is 24.4 Å². The molecule has 4 nitrogen and oxygen atoms in total. The van der Waals surface area contributed by atoms with Gasteiger partial charge in [0.05, 0.1) is 12.1 Å². The summed E-state index contributed by atoms with van der Waals surface area (Å²) in [5, 5.41) is 0. The zero-order valence-electron chi connectivity index (χ0n) is 13.8. The Morgan fingerprint density at radius 2 is 2.18 bits per heavy atom. The van der Waals surface area contributed by atoms with Gasteiger partial charge in [0, 0.05) is 36.1 Å². The summed E-state index contributed by atoms with van der Waals surface area (Å²) in [6.07, 6.45) is 7.17. The Kier molecular flexibility index (Phi) is 4.83. The fraction of sp³-hybridized carbons (Fsp3) is 0.765. The summed E-state index contributed by atoms with van der Waals surface area (Å²) in [6.45, 7) is 8.82. The molecule has 0 bridgehead atoms. The highest BCUT2D eigenvalue weighted by atomic mass is 32.1. The maximum absolute atomic E-state index is 12.4. The maximum atomic E-state index is 12.4. The van der Waals surface area contributed by atoms with Crippen molar-refractivity contribution in [3.63, 3.8) is 0 Å². The van der Waals surface area contributed by atoms with Crippen LogP contribution in [0.1, 0.15) is 50.8 Å². The lowest BCUT2D eigenvalue weighted by atomic mass is 9.87. The molecule has 3 heterocycles. The van der Waals surface area contributed by atoms with Gasteiger partial charge in [0.15, 0.2) is 0 Å². The Hall–Kier alpha value is -0.940. The van der Waals surface area contributed by atoms with E-state index in [-0.39, 0.29) is 5.54 Å². The number of hydrogen-bond donors (Lipinski definition) is 0. The molecular formula is C17H27N3OS. The molecule has 2 saturated heterocycles. The van der Waals surface area contributed by atoms with Crippen LogP contribution in [0.25, 0.3) is 0 Å². The minimum Gasteiger partial charge on any atom is -0.332 e. The first-order valence-corrected chi connectivity index (χ1v) is 9.37. The third kappa shape index (κ3) is 3.35. The summed E-state index contributed by atoms with van der Waals surface area (Å²) in [4.78, 5) is 22.6. The number of carbonyl (C=O) groups excluding carboxylic acids is 1. The van der Waals surface area contributed by atoms with E-state index in [9.17, 15) is 4.79 Å². The topological polar surface area (TPSA) is 36.4 Å². The van der Waals surface area contributed by atoms with E-state index in [2.05, 4.69) is 28.6 Å². The molecule has 1 aromatic heterocycles. The Morgan fingerprint density at radius 1 is 1.32 bits per heavy atom. The smallest absolute Gasteiger partial charge is 0.223 e. The molecule has 2 fully saturated rings. The number of aromatic nitrogens is 1. The van der Waals surface area contributed by atoms with E-state index < -0.39 is 0 Å². The number of amides is 1. The van der Waals surface area contributed by atoms with Crippen LogP contribution >= 0.6 is 11.3 Å². The third-order valence-corrected chi connectivity index (χ3v) is 5.87. The third-order valence-electron chi connectivity index (χ3n) is 5.11. The summed E-state index contributed by atoms with van der Waals surface area (Å²) in [5.74, 6) is 1.05. The zero-order valence-corrected chi connectivity index (χ0v) is 14.6. The molecule has 1 aromatic rings. The van der Waals surface area contributed by atoms with Crippen molar-refractivity contribution < 1.29 is 4.79 Å². The molecule has 0 radical (unpaired) electrons. The molecule has 122 valence electrons. The molecular weight excluding hydrogens is 294 g/mol. The van der Waals surface area contributed by atoms with Gasteiger partial charge in [-0.2, -0.15) is 0 Å². The summed E-state index contributed by atoms with van der Waals surface area (Å²) in [7, 11) is 0. The van der Waals surface area contributed by atoms with Gasteiger partial charge < -0.3 is 9.80 Å². The molecule has 2 aliphatic heterocycles. The van der Waals surface area contributed by atoms with Crippen molar-refractivity contribution in [1.29, 1.82) is 0 Å². The molecule has 1 spiro atoms. The van der Waals surface area contributed by atoms with Gasteiger partial charge in [-0.15, -0.1) is 11.3 Å². The highest BCUT2D eigenvalue weighted by molar-refractivity contribution is 7.09.